The standard InChI is InChI=1S/C19H26N6O3/c1-11(2)13(9-26)22-19-23-17(15-18(24-19)25(3)10-21-15)20-8-12-6-5-7-14(28-4)16(12)27/h5-7,10-11,13,26-27H,8-9H2,1-4H3,(H2,20,22,23,24). The molecule has 2 heterocycles. The number of aliphatic hydroxyl groups is 1. The molecule has 1 aromatic carbocycles. The van der Waals surface area contributed by atoms with Crippen LogP contribution in [-0.2, 0) is 13.6 Å². The number of benzene rings is 1. The van der Waals surface area contributed by atoms with Crippen LogP contribution in [0.1, 0.15) is 19.4 Å². The molecular formula is C19H26N6O3. The highest BCUT2D eigenvalue weighted by molar-refractivity contribution is 5.84. The molecule has 1 unspecified atom stereocenters. The highest BCUT2D eigenvalue weighted by Crippen LogP contribution is 2.30. The van der Waals surface area contributed by atoms with Crippen LogP contribution in [-0.4, -0.2) is 49.5 Å². The van der Waals surface area contributed by atoms with Gasteiger partial charge in [-0.2, -0.15) is 9.97 Å². The van der Waals surface area contributed by atoms with Crippen molar-refractivity contribution in [1.82, 2.24) is 19.5 Å². The Morgan fingerprint density at radius 1 is 1.25 bits per heavy atom. The minimum atomic E-state index is -0.166. The lowest BCUT2D eigenvalue weighted by Gasteiger charge is -2.20. The molecule has 0 amide bonds. The van der Waals surface area contributed by atoms with Crippen molar-refractivity contribution in [2.45, 2.75) is 26.4 Å². The van der Waals surface area contributed by atoms with Crippen molar-refractivity contribution < 1.29 is 14.9 Å². The van der Waals surface area contributed by atoms with Gasteiger partial charge >= 0.3 is 0 Å². The first-order valence-electron chi connectivity index (χ1n) is 9.09. The number of aliphatic hydroxyl groups excluding tert-OH is 1. The molecule has 0 bridgehead atoms. The number of imidazole rings is 1. The molecule has 0 spiro atoms. The van der Waals surface area contributed by atoms with E-state index in [1.807, 2.05) is 27.0 Å². The van der Waals surface area contributed by atoms with Crippen LogP contribution in [0.15, 0.2) is 24.5 Å². The van der Waals surface area contributed by atoms with Crippen molar-refractivity contribution in [2.75, 3.05) is 24.4 Å². The Morgan fingerprint density at radius 3 is 2.71 bits per heavy atom. The van der Waals surface area contributed by atoms with Crippen LogP contribution in [0.3, 0.4) is 0 Å². The van der Waals surface area contributed by atoms with Crippen LogP contribution in [0.25, 0.3) is 11.2 Å². The molecule has 0 aliphatic rings. The number of rotatable bonds is 8. The van der Waals surface area contributed by atoms with Gasteiger partial charge < -0.3 is 30.2 Å². The van der Waals surface area contributed by atoms with E-state index in [4.69, 9.17) is 4.74 Å². The van der Waals surface area contributed by atoms with Crippen LogP contribution in [0, 0.1) is 5.92 Å². The number of ether oxygens (including phenoxy) is 1. The number of anilines is 2. The molecular weight excluding hydrogens is 360 g/mol. The lowest BCUT2D eigenvalue weighted by molar-refractivity contribution is 0.248. The van der Waals surface area contributed by atoms with Crippen molar-refractivity contribution in [3.8, 4) is 11.5 Å². The third-order valence-corrected chi connectivity index (χ3v) is 4.62. The fourth-order valence-electron chi connectivity index (χ4n) is 2.84. The molecule has 150 valence electrons. The van der Waals surface area contributed by atoms with Gasteiger partial charge in [-0.05, 0) is 12.0 Å². The van der Waals surface area contributed by atoms with Gasteiger partial charge in [-0.1, -0.05) is 26.0 Å². The number of hydrogen-bond donors (Lipinski definition) is 4. The summed E-state index contributed by atoms with van der Waals surface area (Å²) in [7, 11) is 3.37. The summed E-state index contributed by atoms with van der Waals surface area (Å²) >= 11 is 0. The number of fused-ring (bicyclic) bond motifs is 1. The highest BCUT2D eigenvalue weighted by Gasteiger charge is 2.17. The van der Waals surface area contributed by atoms with Crippen molar-refractivity contribution in [3.05, 3.63) is 30.1 Å². The Bertz CT molecular complexity index is 956. The van der Waals surface area contributed by atoms with E-state index in [0.29, 0.717) is 40.8 Å². The number of methoxy groups -OCH3 is 1. The fourth-order valence-corrected chi connectivity index (χ4v) is 2.84. The SMILES string of the molecule is COc1cccc(CNc2nc(NC(CO)C(C)C)nc3c2ncn3C)c1O. The van der Waals surface area contributed by atoms with Gasteiger partial charge in [0.1, 0.15) is 0 Å². The van der Waals surface area contributed by atoms with Crippen LogP contribution >= 0.6 is 0 Å². The quantitative estimate of drug-likeness (QED) is 0.465. The van der Waals surface area contributed by atoms with E-state index in [0.717, 1.165) is 0 Å². The third kappa shape index (κ3) is 3.94. The van der Waals surface area contributed by atoms with Gasteiger partial charge in [-0.15, -0.1) is 0 Å². The number of phenolic OH excluding ortho intramolecular Hbond substituents is 1. The second-order valence-electron chi connectivity index (χ2n) is 6.92. The largest absolute Gasteiger partial charge is 0.504 e. The number of aromatic nitrogens is 4. The van der Waals surface area contributed by atoms with Crippen LogP contribution in [0.5, 0.6) is 11.5 Å². The molecule has 9 heteroatoms. The molecule has 3 rings (SSSR count). The number of aromatic hydroxyl groups is 1. The summed E-state index contributed by atoms with van der Waals surface area (Å²) in [4.78, 5) is 13.4. The van der Waals surface area contributed by atoms with Gasteiger partial charge in [0.15, 0.2) is 28.5 Å². The van der Waals surface area contributed by atoms with E-state index in [1.165, 1.54) is 7.11 Å². The maximum atomic E-state index is 10.3. The van der Waals surface area contributed by atoms with E-state index in [2.05, 4.69) is 25.6 Å². The van der Waals surface area contributed by atoms with Gasteiger partial charge in [0.25, 0.3) is 0 Å². The molecule has 28 heavy (non-hydrogen) atoms. The maximum Gasteiger partial charge on any atom is 0.227 e. The summed E-state index contributed by atoms with van der Waals surface area (Å²) in [5, 5.41) is 26.3. The minimum Gasteiger partial charge on any atom is -0.504 e. The van der Waals surface area contributed by atoms with Crippen LogP contribution in [0.4, 0.5) is 11.8 Å². The molecule has 0 saturated carbocycles. The normalized spacial score (nSPS) is 12.4. The monoisotopic (exact) mass is 386 g/mol. The molecule has 0 aliphatic carbocycles. The summed E-state index contributed by atoms with van der Waals surface area (Å²) in [5.41, 5.74) is 1.96. The van der Waals surface area contributed by atoms with Crippen molar-refractivity contribution in [2.24, 2.45) is 13.0 Å². The fraction of sp³-hybridized carbons (Fsp3) is 0.421. The Morgan fingerprint density at radius 2 is 2.04 bits per heavy atom. The second kappa shape index (κ2) is 8.30. The summed E-state index contributed by atoms with van der Waals surface area (Å²) in [6.07, 6.45) is 1.67. The molecule has 1 atom stereocenters. The Hall–Kier alpha value is -3.07. The predicted octanol–water partition coefficient (Wildman–Crippen LogP) is 2.12. The van der Waals surface area contributed by atoms with Crippen molar-refractivity contribution >= 4 is 22.9 Å². The summed E-state index contributed by atoms with van der Waals surface area (Å²) < 4.78 is 6.96. The zero-order valence-electron chi connectivity index (χ0n) is 16.5. The topological polar surface area (TPSA) is 117 Å². The van der Waals surface area contributed by atoms with E-state index in [9.17, 15) is 10.2 Å². The van der Waals surface area contributed by atoms with Crippen molar-refractivity contribution in [1.29, 1.82) is 0 Å². The molecule has 0 saturated heterocycles. The van der Waals surface area contributed by atoms with E-state index < -0.39 is 0 Å². The molecule has 4 N–H and O–H groups in total. The van der Waals surface area contributed by atoms with Gasteiger partial charge in [0.05, 0.1) is 26.1 Å². The average molecular weight is 386 g/mol. The van der Waals surface area contributed by atoms with E-state index in [-0.39, 0.29) is 24.3 Å². The van der Waals surface area contributed by atoms with Gasteiger partial charge in [-0.3, -0.25) is 0 Å². The van der Waals surface area contributed by atoms with Crippen LogP contribution < -0.4 is 15.4 Å². The molecule has 0 fully saturated rings. The first-order chi connectivity index (χ1) is 13.4. The molecule has 3 aromatic rings. The number of nitrogens with zero attached hydrogens (tertiary/aromatic N) is 4. The summed E-state index contributed by atoms with van der Waals surface area (Å²) in [6, 6.07) is 5.15. The number of aryl methyl sites for hydroxylation is 1. The third-order valence-electron chi connectivity index (χ3n) is 4.62. The first-order valence-corrected chi connectivity index (χ1v) is 9.09. The first kappa shape index (κ1) is 19.7. The smallest absolute Gasteiger partial charge is 0.227 e. The molecule has 2 aromatic heterocycles. The summed E-state index contributed by atoms with van der Waals surface area (Å²) in [5.74, 6) is 1.65. The molecule has 0 aliphatic heterocycles. The molecule has 9 nitrogen and oxygen atoms in total. The Kier molecular flexibility index (Phi) is 5.84. The summed E-state index contributed by atoms with van der Waals surface area (Å²) in [6.45, 7) is 4.34. The number of para-hydroxylation sites is 1. The van der Waals surface area contributed by atoms with E-state index >= 15 is 0 Å². The number of phenols is 1. The molecule has 0 radical (unpaired) electrons. The Balaban J connectivity index is 1.91. The lowest BCUT2D eigenvalue weighted by Crippen LogP contribution is -2.30. The predicted molar refractivity (Wildman–Crippen MR) is 108 cm³/mol. The Labute approximate surface area is 163 Å². The van der Waals surface area contributed by atoms with Crippen LogP contribution in [0.2, 0.25) is 0 Å². The second-order valence-corrected chi connectivity index (χ2v) is 6.92. The highest BCUT2D eigenvalue weighted by atomic mass is 16.5. The van der Waals surface area contributed by atoms with Gasteiger partial charge in [0.2, 0.25) is 5.95 Å². The number of hydrogen-bond acceptors (Lipinski definition) is 8. The van der Waals surface area contributed by atoms with Crippen molar-refractivity contribution in [3.63, 3.8) is 0 Å². The van der Waals surface area contributed by atoms with E-state index in [1.54, 1.807) is 23.0 Å². The average Bonchev–Trinajstić information content (AvgIpc) is 3.06. The van der Waals surface area contributed by atoms with Gasteiger partial charge in [0, 0.05) is 19.2 Å². The zero-order valence-corrected chi connectivity index (χ0v) is 16.5. The zero-order chi connectivity index (χ0) is 20.3. The van der Waals surface area contributed by atoms with Gasteiger partial charge in [-0.25, -0.2) is 4.98 Å². The number of nitrogens with one attached hydrogen (secondary N) is 2. The lowest BCUT2D eigenvalue weighted by atomic mass is 10.1. The maximum absolute atomic E-state index is 10.3. The minimum absolute atomic E-state index is 0.0229.